The van der Waals surface area contributed by atoms with Crippen LogP contribution in [0.4, 0.5) is 8.78 Å². The van der Waals surface area contributed by atoms with Crippen LogP contribution in [0, 0.1) is 11.6 Å². The molecule has 120 valence electrons. The van der Waals surface area contributed by atoms with Gasteiger partial charge in [-0.2, -0.15) is 0 Å². The molecule has 0 aliphatic heterocycles. The standard InChI is InChI=1S/C14H22F2N2O2S/c1-4-14(5-2,6-3)18-21(19,20)12-8-7-11(15)10(9-17)13(12)16/h7-8,18H,4-6,9,17H2,1-3H3. The van der Waals surface area contributed by atoms with Gasteiger partial charge < -0.3 is 5.73 Å². The molecule has 0 aromatic heterocycles. The molecule has 0 saturated carbocycles. The van der Waals surface area contributed by atoms with Crippen molar-refractivity contribution in [3.63, 3.8) is 0 Å². The van der Waals surface area contributed by atoms with Gasteiger partial charge in [-0.1, -0.05) is 20.8 Å². The first-order chi connectivity index (χ1) is 9.76. The third-order valence-corrected chi connectivity index (χ3v) is 5.62. The zero-order valence-corrected chi connectivity index (χ0v) is 13.4. The van der Waals surface area contributed by atoms with Crippen molar-refractivity contribution in [3.05, 3.63) is 29.3 Å². The molecule has 0 heterocycles. The van der Waals surface area contributed by atoms with Crippen LogP contribution >= 0.6 is 0 Å². The Hall–Kier alpha value is -1.05. The first-order valence-corrected chi connectivity index (χ1v) is 8.46. The van der Waals surface area contributed by atoms with E-state index in [-0.39, 0.29) is 0 Å². The Morgan fingerprint density at radius 1 is 1.14 bits per heavy atom. The summed E-state index contributed by atoms with van der Waals surface area (Å²) in [7, 11) is -4.08. The van der Waals surface area contributed by atoms with Crippen molar-refractivity contribution in [2.24, 2.45) is 5.73 Å². The average molecular weight is 320 g/mol. The molecule has 1 aromatic carbocycles. The lowest BCUT2D eigenvalue weighted by Gasteiger charge is -2.31. The molecule has 0 bridgehead atoms. The molecule has 0 aliphatic carbocycles. The third kappa shape index (κ3) is 3.59. The maximum Gasteiger partial charge on any atom is 0.244 e. The van der Waals surface area contributed by atoms with E-state index in [0.717, 1.165) is 12.1 Å². The number of hydrogen-bond donors (Lipinski definition) is 2. The fourth-order valence-corrected chi connectivity index (χ4v) is 4.00. The van der Waals surface area contributed by atoms with Crippen LogP contribution in [0.1, 0.15) is 45.6 Å². The van der Waals surface area contributed by atoms with Gasteiger partial charge in [-0.25, -0.2) is 21.9 Å². The lowest BCUT2D eigenvalue weighted by atomic mass is 9.91. The highest BCUT2D eigenvalue weighted by Crippen LogP contribution is 2.26. The van der Waals surface area contributed by atoms with E-state index in [0.29, 0.717) is 19.3 Å². The monoisotopic (exact) mass is 320 g/mol. The van der Waals surface area contributed by atoms with Crippen molar-refractivity contribution in [2.45, 2.75) is 57.0 Å². The summed E-state index contributed by atoms with van der Waals surface area (Å²) in [6.45, 7) is 5.19. The van der Waals surface area contributed by atoms with Crippen molar-refractivity contribution in [2.75, 3.05) is 0 Å². The van der Waals surface area contributed by atoms with Gasteiger partial charge in [0.05, 0.1) is 0 Å². The van der Waals surface area contributed by atoms with Crippen LogP contribution in [0.25, 0.3) is 0 Å². The number of hydrogen-bond acceptors (Lipinski definition) is 3. The van der Waals surface area contributed by atoms with Gasteiger partial charge in [0.1, 0.15) is 10.7 Å². The Balaban J connectivity index is 3.32. The van der Waals surface area contributed by atoms with E-state index >= 15 is 0 Å². The Labute approximate surface area is 124 Å². The molecule has 4 nitrogen and oxygen atoms in total. The Bertz CT molecular complexity index is 591. The first kappa shape index (κ1) is 18.0. The van der Waals surface area contributed by atoms with Crippen molar-refractivity contribution < 1.29 is 17.2 Å². The predicted octanol–water partition coefficient (Wildman–Crippen LogP) is 2.67. The fourth-order valence-electron chi connectivity index (χ4n) is 2.28. The summed E-state index contributed by atoms with van der Waals surface area (Å²) in [5, 5.41) is 0. The van der Waals surface area contributed by atoms with Gasteiger partial charge in [0.15, 0.2) is 5.82 Å². The van der Waals surface area contributed by atoms with E-state index in [2.05, 4.69) is 4.72 Å². The van der Waals surface area contributed by atoms with Crippen LogP contribution in [0.2, 0.25) is 0 Å². The summed E-state index contributed by atoms with van der Waals surface area (Å²) >= 11 is 0. The second-order valence-corrected chi connectivity index (χ2v) is 6.64. The molecule has 21 heavy (non-hydrogen) atoms. The molecule has 0 spiro atoms. The first-order valence-electron chi connectivity index (χ1n) is 6.97. The van der Waals surface area contributed by atoms with Crippen LogP contribution in [0.15, 0.2) is 17.0 Å². The normalized spacial score (nSPS) is 12.7. The highest BCUT2D eigenvalue weighted by Gasteiger charge is 2.32. The maximum atomic E-state index is 14.2. The number of nitrogens with two attached hydrogens (primary N) is 1. The van der Waals surface area contributed by atoms with Crippen LogP contribution in [0.3, 0.4) is 0 Å². The minimum atomic E-state index is -4.08. The van der Waals surface area contributed by atoms with Gasteiger partial charge in [-0.3, -0.25) is 0 Å². The molecule has 0 saturated heterocycles. The molecule has 1 rings (SSSR count). The van der Waals surface area contributed by atoms with Crippen LogP contribution in [-0.2, 0) is 16.6 Å². The summed E-state index contributed by atoms with van der Waals surface area (Å²) in [5.41, 5.74) is 4.21. The van der Waals surface area contributed by atoms with Crippen molar-refractivity contribution in [1.29, 1.82) is 0 Å². The largest absolute Gasteiger partial charge is 0.326 e. The van der Waals surface area contributed by atoms with Crippen LogP contribution in [0.5, 0.6) is 0 Å². The van der Waals surface area contributed by atoms with Crippen LogP contribution < -0.4 is 10.5 Å². The van der Waals surface area contributed by atoms with Gasteiger partial charge in [0.2, 0.25) is 10.0 Å². The summed E-state index contributed by atoms with van der Waals surface area (Å²) in [4.78, 5) is -0.566. The van der Waals surface area contributed by atoms with E-state index in [1.807, 2.05) is 20.8 Å². The van der Waals surface area contributed by atoms with E-state index in [1.165, 1.54) is 0 Å². The smallest absolute Gasteiger partial charge is 0.244 e. The molecule has 0 radical (unpaired) electrons. The third-order valence-electron chi connectivity index (χ3n) is 4.03. The van der Waals surface area contributed by atoms with Gasteiger partial charge in [0.25, 0.3) is 0 Å². The van der Waals surface area contributed by atoms with Gasteiger partial charge >= 0.3 is 0 Å². The van der Waals surface area contributed by atoms with Crippen molar-refractivity contribution in [1.82, 2.24) is 4.72 Å². The number of rotatable bonds is 7. The number of halogens is 2. The molecular formula is C14H22F2N2O2S. The number of benzene rings is 1. The second-order valence-electron chi connectivity index (χ2n) is 4.99. The Morgan fingerprint density at radius 3 is 2.10 bits per heavy atom. The second kappa shape index (κ2) is 6.81. The Morgan fingerprint density at radius 2 is 1.67 bits per heavy atom. The summed E-state index contributed by atoms with van der Waals surface area (Å²) < 4.78 is 55.0. The molecule has 1 aromatic rings. The summed E-state index contributed by atoms with van der Waals surface area (Å²) in [6, 6.07) is 1.85. The van der Waals surface area contributed by atoms with Gasteiger partial charge in [-0.15, -0.1) is 0 Å². The Kier molecular flexibility index (Phi) is 5.83. The zero-order chi connectivity index (χ0) is 16.3. The maximum absolute atomic E-state index is 14.2. The SMILES string of the molecule is CCC(CC)(CC)NS(=O)(=O)c1ccc(F)c(CN)c1F. The molecule has 0 aliphatic rings. The topological polar surface area (TPSA) is 72.2 Å². The number of sulfonamides is 1. The molecule has 0 amide bonds. The average Bonchev–Trinajstić information content (AvgIpc) is 2.45. The van der Waals surface area contributed by atoms with Gasteiger partial charge in [0, 0.05) is 17.6 Å². The van der Waals surface area contributed by atoms with E-state index in [9.17, 15) is 17.2 Å². The molecule has 0 atom stereocenters. The fraction of sp³-hybridized carbons (Fsp3) is 0.571. The van der Waals surface area contributed by atoms with Crippen molar-refractivity contribution >= 4 is 10.0 Å². The van der Waals surface area contributed by atoms with E-state index in [4.69, 9.17) is 5.73 Å². The number of nitrogens with one attached hydrogen (secondary N) is 1. The quantitative estimate of drug-likeness (QED) is 0.811. The van der Waals surface area contributed by atoms with E-state index < -0.39 is 44.2 Å². The lowest BCUT2D eigenvalue weighted by molar-refractivity contribution is 0.341. The molecule has 0 fully saturated rings. The molecule has 0 unspecified atom stereocenters. The minimum absolute atomic E-state index is 0.401. The molecule has 3 N–H and O–H groups in total. The van der Waals surface area contributed by atoms with Gasteiger partial charge in [-0.05, 0) is 31.4 Å². The zero-order valence-electron chi connectivity index (χ0n) is 12.5. The highest BCUT2D eigenvalue weighted by molar-refractivity contribution is 7.89. The molecular weight excluding hydrogens is 298 g/mol. The van der Waals surface area contributed by atoms with Crippen LogP contribution in [-0.4, -0.2) is 14.0 Å². The van der Waals surface area contributed by atoms with Crippen molar-refractivity contribution in [3.8, 4) is 0 Å². The summed E-state index contributed by atoms with van der Waals surface area (Å²) in [5.74, 6) is -1.97. The summed E-state index contributed by atoms with van der Waals surface area (Å²) in [6.07, 6.45) is 1.73. The minimum Gasteiger partial charge on any atom is -0.326 e. The molecule has 7 heteroatoms. The highest BCUT2D eigenvalue weighted by atomic mass is 32.2. The lowest BCUT2D eigenvalue weighted by Crippen LogP contribution is -2.47. The van der Waals surface area contributed by atoms with E-state index in [1.54, 1.807) is 0 Å². The predicted molar refractivity (Wildman–Crippen MR) is 78.2 cm³/mol.